The van der Waals surface area contributed by atoms with Crippen LogP contribution in [0.4, 0.5) is 0 Å². The highest BCUT2D eigenvalue weighted by atomic mass is 35.5. The second kappa shape index (κ2) is 5.52. The maximum Gasteiger partial charge on any atom is 0.165 e. The Hall–Kier alpha value is -0.0500. The summed E-state index contributed by atoms with van der Waals surface area (Å²) in [5.74, 6) is 0.886. The van der Waals surface area contributed by atoms with Crippen LogP contribution in [0.1, 0.15) is 48.9 Å². The number of thiophene rings is 1. The number of hydrogen-bond acceptors (Lipinski definition) is 2. The van der Waals surface area contributed by atoms with Crippen molar-refractivity contribution in [2.75, 3.05) is 0 Å². The van der Waals surface area contributed by atoms with Gasteiger partial charge in [-0.15, -0.1) is 11.3 Å². The van der Waals surface area contributed by atoms with Crippen molar-refractivity contribution in [1.82, 2.24) is 0 Å². The predicted molar refractivity (Wildman–Crippen MR) is 69.9 cm³/mol. The average Bonchev–Trinajstić information content (AvgIpc) is 2.84. The van der Waals surface area contributed by atoms with E-state index in [1.165, 1.54) is 37.0 Å². The fraction of sp³-hybridized carbons (Fsp3) is 0.583. The van der Waals surface area contributed by atoms with E-state index < -0.39 is 0 Å². The van der Waals surface area contributed by atoms with Crippen LogP contribution in [0.2, 0.25) is 8.67 Å². The van der Waals surface area contributed by atoms with E-state index in [4.69, 9.17) is 23.2 Å². The van der Waals surface area contributed by atoms with Gasteiger partial charge in [0.15, 0.2) is 5.78 Å². The van der Waals surface area contributed by atoms with Crippen LogP contribution < -0.4 is 0 Å². The lowest BCUT2D eigenvalue weighted by atomic mass is 9.98. The van der Waals surface area contributed by atoms with E-state index >= 15 is 0 Å². The van der Waals surface area contributed by atoms with Gasteiger partial charge in [0.05, 0.1) is 4.34 Å². The van der Waals surface area contributed by atoms with Crippen LogP contribution >= 0.6 is 34.5 Å². The molecular formula is C12H14Cl2OS. The zero-order chi connectivity index (χ0) is 11.5. The smallest absolute Gasteiger partial charge is 0.165 e. The van der Waals surface area contributed by atoms with Crippen LogP contribution in [0.5, 0.6) is 0 Å². The maximum atomic E-state index is 11.9. The van der Waals surface area contributed by atoms with E-state index in [1.54, 1.807) is 6.07 Å². The van der Waals surface area contributed by atoms with Gasteiger partial charge < -0.3 is 0 Å². The van der Waals surface area contributed by atoms with E-state index in [0.717, 1.165) is 12.3 Å². The summed E-state index contributed by atoms with van der Waals surface area (Å²) in [5.41, 5.74) is 0.606. The molecule has 16 heavy (non-hydrogen) atoms. The van der Waals surface area contributed by atoms with E-state index in [1.807, 2.05) is 0 Å². The van der Waals surface area contributed by atoms with Gasteiger partial charge >= 0.3 is 0 Å². The Balaban J connectivity index is 1.90. The third-order valence-electron chi connectivity index (χ3n) is 3.21. The van der Waals surface area contributed by atoms with Gasteiger partial charge in [0.25, 0.3) is 0 Å². The SMILES string of the molecule is O=C(CCC1CCCC1)c1cc(Cl)sc1Cl. The molecule has 0 unspecified atom stereocenters. The van der Waals surface area contributed by atoms with Gasteiger partial charge in [0.1, 0.15) is 4.34 Å². The highest BCUT2D eigenvalue weighted by Crippen LogP contribution is 2.33. The molecular weight excluding hydrogens is 263 g/mol. The summed E-state index contributed by atoms with van der Waals surface area (Å²) in [6, 6.07) is 1.69. The molecule has 0 amide bonds. The topological polar surface area (TPSA) is 17.1 Å². The largest absolute Gasteiger partial charge is 0.294 e. The molecule has 0 radical (unpaired) electrons. The molecule has 0 saturated heterocycles. The third-order valence-corrected chi connectivity index (χ3v) is 4.70. The van der Waals surface area contributed by atoms with Gasteiger partial charge in [-0.05, 0) is 18.4 Å². The van der Waals surface area contributed by atoms with Crippen molar-refractivity contribution in [3.8, 4) is 0 Å². The lowest BCUT2D eigenvalue weighted by molar-refractivity contribution is 0.0974. The minimum absolute atomic E-state index is 0.139. The van der Waals surface area contributed by atoms with Gasteiger partial charge in [-0.25, -0.2) is 0 Å². The summed E-state index contributed by atoms with van der Waals surface area (Å²) in [4.78, 5) is 11.9. The number of carbonyl (C=O) groups excluding carboxylic acids is 1. The lowest BCUT2D eigenvalue weighted by Gasteiger charge is -2.06. The van der Waals surface area contributed by atoms with Crippen LogP contribution in [0.3, 0.4) is 0 Å². The number of hydrogen-bond donors (Lipinski definition) is 0. The first-order valence-electron chi connectivity index (χ1n) is 5.65. The molecule has 1 nitrogen and oxygen atoms in total. The van der Waals surface area contributed by atoms with Crippen LogP contribution in [0, 0.1) is 5.92 Å². The fourth-order valence-corrected chi connectivity index (χ4v) is 3.80. The standard InChI is InChI=1S/C12H14Cl2OS/c13-11-7-9(12(14)16-11)10(15)6-5-8-3-1-2-4-8/h7-8H,1-6H2. The van der Waals surface area contributed by atoms with E-state index in [0.29, 0.717) is 20.7 Å². The monoisotopic (exact) mass is 276 g/mol. The molecule has 88 valence electrons. The van der Waals surface area contributed by atoms with E-state index in [2.05, 4.69) is 0 Å². The summed E-state index contributed by atoms with van der Waals surface area (Å²) >= 11 is 13.0. The zero-order valence-corrected chi connectivity index (χ0v) is 11.3. The van der Waals surface area contributed by atoms with Crippen LogP contribution in [0.25, 0.3) is 0 Å². The highest BCUT2D eigenvalue weighted by Gasteiger charge is 2.19. The lowest BCUT2D eigenvalue weighted by Crippen LogP contribution is -2.02. The van der Waals surface area contributed by atoms with Gasteiger partial charge in [-0.2, -0.15) is 0 Å². The molecule has 1 aromatic heterocycles. The number of rotatable bonds is 4. The number of carbonyl (C=O) groups is 1. The van der Waals surface area contributed by atoms with Crippen molar-refractivity contribution in [3.63, 3.8) is 0 Å². The van der Waals surface area contributed by atoms with E-state index in [9.17, 15) is 4.79 Å². The van der Waals surface area contributed by atoms with Gasteiger partial charge in [-0.3, -0.25) is 4.79 Å². The summed E-state index contributed by atoms with van der Waals surface area (Å²) < 4.78 is 1.12. The second-order valence-electron chi connectivity index (χ2n) is 4.35. The molecule has 0 aliphatic heterocycles. The predicted octanol–water partition coefficient (Wildman–Crippen LogP) is 5.21. The first-order chi connectivity index (χ1) is 7.66. The van der Waals surface area contributed by atoms with Crippen molar-refractivity contribution in [3.05, 3.63) is 20.3 Å². The Labute approximate surface area is 110 Å². The zero-order valence-electron chi connectivity index (χ0n) is 8.97. The van der Waals surface area contributed by atoms with Gasteiger partial charge in [-0.1, -0.05) is 48.9 Å². The molecule has 4 heteroatoms. The van der Waals surface area contributed by atoms with Gasteiger partial charge in [0, 0.05) is 12.0 Å². The molecule has 1 heterocycles. The normalized spacial score (nSPS) is 16.9. The molecule has 0 bridgehead atoms. The molecule has 2 rings (SSSR count). The Kier molecular flexibility index (Phi) is 4.28. The van der Waals surface area contributed by atoms with Crippen LogP contribution in [0.15, 0.2) is 6.07 Å². The first kappa shape index (κ1) is 12.4. The van der Waals surface area contributed by atoms with Crippen molar-refractivity contribution >= 4 is 40.3 Å². The summed E-state index contributed by atoms with van der Waals surface area (Å²) in [7, 11) is 0. The molecule has 0 aromatic carbocycles. The molecule has 0 N–H and O–H groups in total. The molecule has 1 saturated carbocycles. The molecule has 1 fully saturated rings. The van der Waals surface area contributed by atoms with Crippen molar-refractivity contribution in [1.29, 1.82) is 0 Å². The van der Waals surface area contributed by atoms with Gasteiger partial charge in [0.2, 0.25) is 0 Å². The van der Waals surface area contributed by atoms with Crippen molar-refractivity contribution < 1.29 is 4.79 Å². The molecule has 1 aliphatic carbocycles. The van der Waals surface area contributed by atoms with Crippen molar-refractivity contribution in [2.45, 2.75) is 38.5 Å². The molecule has 1 aliphatic rings. The third kappa shape index (κ3) is 2.99. The molecule has 0 spiro atoms. The Morgan fingerprint density at radius 3 is 2.62 bits per heavy atom. The minimum Gasteiger partial charge on any atom is -0.294 e. The maximum absolute atomic E-state index is 11.9. The first-order valence-corrected chi connectivity index (χ1v) is 7.22. The summed E-state index contributed by atoms with van der Waals surface area (Å²) in [6.45, 7) is 0. The van der Waals surface area contributed by atoms with Crippen LogP contribution in [-0.2, 0) is 0 Å². The quantitative estimate of drug-likeness (QED) is 0.690. The Morgan fingerprint density at radius 2 is 2.06 bits per heavy atom. The van der Waals surface area contributed by atoms with E-state index in [-0.39, 0.29) is 5.78 Å². The highest BCUT2D eigenvalue weighted by molar-refractivity contribution is 7.20. The average molecular weight is 277 g/mol. The number of halogens is 2. The minimum atomic E-state index is 0.139. The fourth-order valence-electron chi connectivity index (χ4n) is 2.30. The summed E-state index contributed by atoms with van der Waals surface area (Å²) in [6.07, 6.45) is 6.82. The Bertz CT molecular complexity index is 380. The Morgan fingerprint density at radius 1 is 1.38 bits per heavy atom. The second-order valence-corrected chi connectivity index (χ2v) is 6.64. The number of ketones is 1. The van der Waals surface area contributed by atoms with Crippen LogP contribution in [-0.4, -0.2) is 5.78 Å². The molecule has 1 aromatic rings. The van der Waals surface area contributed by atoms with Crippen molar-refractivity contribution in [2.24, 2.45) is 5.92 Å². The molecule has 0 atom stereocenters. The summed E-state index contributed by atoms with van der Waals surface area (Å²) in [5, 5.41) is 0. The number of Topliss-reactive ketones (excluding diaryl/α,β-unsaturated/α-hetero) is 1.